The molecule has 0 fully saturated rings. The summed E-state index contributed by atoms with van der Waals surface area (Å²) < 4.78 is 3.47. The molecule has 0 saturated heterocycles. The molecule has 9 heteroatoms. The van der Waals surface area contributed by atoms with Crippen molar-refractivity contribution in [3.8, 4) is 0 Å². The van der Waals surface area contributed by atoms with Gasteiger partial charge in [0.05, 0.1) is 5.69 Å². The van der Waals surface area contributed by atoms with Gasteiger partial charge in [-0.15, -0.1) is 5.10 Å². The lowest BCUT2D eigenvalue weighted by Crippen LogP contribution is -2.47. The van der Waals surface area contributed by atoms with Gasteiger partial charge in [0.1, 0.15) is 18.2 Å². The second-order valence-corrected chi connectivity index (χ2v) is 7.66. The maximum absolute atomic E-state index is 12.8. The van der Waals surface area contributed by atoms with Crippen LogP contribution in [-0.2, 0) is 17.9 Å². The summed E-state index contributed by atoms with van der Waals surface area (Å²) in [5.74, 6) is 0.885. The minimum absolute atomic E-state index is 0.0706. The van der Waals surface area contributed by atoms with Crippen molar-refractivity contribution in [3.05, 3.63) is 48.2 Å². The summed E-state index contributed by atoms with van der Waals surface area (Å²) in [4.78, 5) is 31.1. The number of hydrogen-bond acceptors (Lipinski definition) is 5. The Balaban J connectivity index is 1.41. The van der Waals surface area contributed by atoms with E-state index in [1.165, 1.54) is 4.90 Å². The molecular formula is C20H25N7O2. The highest BCUT2D eigenvalue weighted by Gasteiger charge is 2.31. The Labute approximate surface area is 169 Å². The lowest BCUT2D eigenvalue weighted by Gasteiger charge is -2.20. The predicted molar refractivity (Wildman–Crippen MR) is 107 cm³/mol. The number of nitrogens with one attached hydrogen (secondary N) is 1. The van der Waals surface area contributed by atoms with E-state index in [1.54, 1.807) is 22.7 Å². The van der Waals surface area contributed by atoms with Crippen LogP contribution < -0.4 is 10.2 Å². The van der Waals surface area contributed by atoms with Gasteiger partial charge in [-0.05, 0) is 19.3 Å². The lowest BCUT2D eigenvalue weighted by atomic mass is 9.90. The minimum Gasteiger partial charge on any atom is -0.337 e. The Morgan fingerprint density at radius 3 is 2.86 bits per heavy atom. The van der Waals surface area contributed by atoms with E-state index in [1.807, 2.05) is 25.1 Å². The highest BCUT2D eigenvalue weighted by Crippen LogP contribution is 2.22. The number of nitrogens with zero attached hydrogens (tertiary/aromatic N) is 6. The van der Waals surface area contributed by atoms with Gasteiger partial charge >= 0.3 is 0 Å². The summed E-state index contributed by atoms with van der Waals surface area (Å²) in [6, 6.07) is 1.22. The van der Waals surface area contributed by atoms with Crippen LogP contribution in [0.25, 0.3) is 0 Å². The molecule has 29 heavy (non-hydrogen) atoms. The maximum Gasteiger partial charge on any atom is 0.291 e. The topological polar surface area (TPSA) is 97.9 Å². The molecule has 2 aromatic heterocycles. The highest BCUT2D eigenvalue weighted by molar-refractivity contribution is 6.00. The zero-order valence-electron chi connectivity index (χ0n) is 16.8. The number of allylic oxidation sites excluding steroid dienone is 4. The molecule has 2 aliphatic rings. The Kier molecular flexibility index (Phi) is 5.04. The molecule has 0 saturated carbocycles. The number of fused-ring (bicyclic) bond motifs is 1. The van der Waals surface area contributed by atoms with Crippen LogP contribution in [0.5, 0.6) is 0 Å². The van der Waals surface area contributed by atoms with Crippen LogP contribution in [0.15, 0.2) is 36.7 Å². The third-order valence-electron chi connectivity index (χ3n) is 5.48. The molecular weight excluding hydrogens is 370 g/mol. The van der Waals surface area contributed by atoms with Crippen LogP contribution in [0.3, 0.4) is 0 Å². The van der Waals surface area contributed by atoms with Crippen LogP contribution in [0.4, 0.5) is 5.82 Å². The van der Waals surface area contributed by atoms with Gasteiger partial charge in [0.25, 0.3) is 11.8 Å². The molecule has 1 N–H and O–H groups in total. The Morgan fingerprint density at radius 1 is 1.28 bits per heavy atom. The second kappa shape index (κ2) is 7.65. The Morgan fingerprint density at radius 2 is 2.07 bits per heavy atom. The fourth-order valence-electron chi connectivity index (χ4n) is 3.74. The van der Waals surface area contributed by atoms with Gasteiger partial charge in [0.15, 0.2) is 0 Å². The number of aryl methyl sites for hydroxylation is 2. The average molecular weight is 395 g/mol. The molecule has 2 aromatic rings. The number of amides is 2. The van der Waals surface area contributed by atoms with Gasteiger partial charge in [-0.1, -0.05) is 31.2 Å². The van der Waals surface area contributed by atoms with E-state index in [4.69, 9.17) is 0 Å². The Hall–Kier alpha value is -3.23. The lowest BCUT2D eigenvalue weighted by molar-refractivity contribution is -0.120. The fraction of sp³-hybridized carbons (Fsp3) is 0.450. The molecule has 152 valence electrons. The van der Waals surface area contributed by atoms with E-state index in [9.17, 15) is 9.59 Å². The van der Waals surface area contributed by atoms with Crippen molar-refractivity contribution in [1.29, 1.82) is 0 Å². The summed E-state index contributed by atoms with van der Waals surface area (Å²) in [6.45, 7) is 5.23. The number of rotatable bonds is 4. The van der Waals surface area contributed by atoms with E-state index < -0.39 is 11.9 Å². The predicted octanol–water partition coefficient (Wildman–Crippen LogP) is 1.33. The minimum atomic E-state index is -0.645. The largest absolute Gasteiger partial charge is 0.337 e. The summed E-state index contributed by atoms with van der Waals surface area (Å²) in [7, 11) is 1.69. The molecule has 0 radical (unpaired) electrons. The quantitative estimate of drug-likeness (QED) is 0.842. The van der Waals surface area contributed by atoms with Crippen LogP contribution in [0.1, 0.15) is 29.7 Å². The first-order valence-electron chi connectivity index (χ1n) is 9.79. The van der Waals surface area contributed by atoms with E-state index in [2.05, 4.69) is 39.6 Å². The number of aromatic nitrogens is 5. The SMILES string of the molecule is Cc1cc2n(n1)CC[C@H](NC(=O)c1ncn(CC3C=CC=CC3C)n1)C(=O)N2C. The average Bonchev–Trinajstić information content (AvgIpc) is 3.30. The normalized spacial score (nSPS) is 23.8. The first-order chi connectivity index (χ1) is 13.9. The first kappa shape index (κ1) is 19.1. The Bertz CT molecular complexity index is 987. The second-order valence-electron chi connectivity index (χ2n) is 7.66. The van der Waals surface area contributed by atoms with Crippen LogP contribution >= 0.6 is 0 Å². The third-order valence-corrected chi connectivity index (χ3v) is 5.48. The number of carbonyl (C=O) groups excluding carboxylic acids is 2. The summed E-state index contributed by atoms with van der Waals surface area (Å²) in [5.41, 5.74) is 0.856. The molecule has 3 heterocycles. The molecule has 4 rings (SSSR count). The van der Waals surface area contributed by atoms with Gasteiger partial charge in [-0.3, -0.25) is 19.2 Å². The van der Waals surface area contributed by atoms with Crippen molar-refractivity contribution in [2.75, 3.05) is 11.9 Å². The van der Waals surface area contributed by atoms with Gasteiger partial charge < -0.3 is 5.32 Å². The van der Waals surface area contributed by atoms with Crippen molar-refractivity contribution in [2.45, 2.75) is 39.4 Å². The van der Waals surface area contributed by atoms with Crippen molar-refractivity contribution in [2.24, 2.45) is 11.8 Å². The molecule has 2 amide bonds. The van der Waals surface area contributed by atoms with E-state index in [0.29, 0.717) is 31.3 Å². The molecule has 3 atom stereocenters. The molecule has 0 aromatic carbocycles. The summed E-state index contributed by atoms with van der Waals surface area (Å²) in [5, 5.41) is 11.5. The zero-order valence-corrected chi connectivity index (χ0v) is 16.8. The summed E-state index contributed by atoms with van der Waals surface area (Å²) in [6.07, 6.45) is 10.4. The number of hydrogen-bond donors (Lipinski definition) is 1. The van der Waals surface area contributed by atoms with Crippen LogP contribution in [-0.4, -0.2) is 49.4 Å². The maximum atomic E-state index is 12.8. The van der Waals surface area contributed by atoms with E-state index in [-0.39, 0.29) is 11.7 Å². The number of carbonyl (C=O) groups is 2. The van der Waals surface area contributed by atoms with Gasteiger partial charge in [0, 0.05) is 32.1 Å². The molecule has 9 nitrogen and oxygen atoms in total. The van der Waals surface area contributed by atoms with Gasteiger partial charge in [-0.2, -0.15) is 5.10 Å². The van der Waals surface area contributed by atoms with Crippen molar-refractivity contribution in [1.82, 2.24) is 29.9 Å². The third kappa shape index (κ3) is 3.85. The van der Waals surface area contributed by atoms with Crippen LogP contribution in [0.2, 0.25) is 0 Å². The molecule has 2 unspecified atom stereocenters. The fourth-order valence-corrected chi connectivity index (χ4v) is 3.74. The van der Waals surface area contributed by atoms with Gasteiger partial charge in [-0.25, -0.2) is 9.67 Å². The van der Waals surface area contributed by atoms with Crippen molar-refractivity contribution in [3.63, 3.8) is 0 Å². The monoisotopic (exact) mass is 395 g/mol. The molecule has 1 aliphatic heterocycles. The molecule has 0 spiro atoms. The highest BCUT2D eigenvalue weighted by atomic mass is 16.2. The van der Waals surface area contributed by atoms with Crippen molar-refractivity contribution >= 4 is 17.6 Å². The van der Waals surface area contributed by atoms with E-state index in [0.717, 1.165) is 11.5 Å². The molecule has 1 aliphatic carbocycles. The molecule has 0 bridgehead atoms. The first-order valence-corrected chi connectivity index (χ1v) is 9.79. The number of anilines is 1. The number of likely N-dealkylation sites (N-methyl/N-ethyl adjacent to an activating group) is 1. The van der Waals surface area contributed by atoms with Crippen molar-refractivity contribution < 1.29 is 9.59 Å². The van der Waals surface area contributed by atoms with E-state index >= 15 is 0 Å². The van der Waals surface area contributed by atoms with Gasteiger partial charge in [0.2, 0.25) is 5.82 Å². The standard InChI is InChI=1S/C20H25N7O2/c1-13-6-4-5-7-15(13)11-26-12-21-18(24-26)19(28)22-16-8-9-27-17(10-14(2)23-27)25(3)20(16)29/h4-7,10,12-13,15-16H,8-9,11H2,1-3H3,(H,22,28)/t13?,15?,16-/m0/s1. The summed E-state index contributed by atoms with van der Waals surface area (Å²) >= 11 is 0. The zero-order chi connectivity index (χ0) is 20.5. The smallest absolute Gasteiger partial charge is 0.291 e. The van der Waals surface area contributed by atoms with Crippen LogP contribution in [0, 0.1) is 18.8 Å².